The van der Waals surface area contributed by atoms with Crippen molar-refractivity contribution in [3.8, 4) is 33.8 Å². The molecule has 3 heteroatoms. The number of aromatic nitrogens is 2. The first kappa shape index (κ1) is 26.1. The molecule has 1 aliphatic rings. The first-order chi connectivity index (χ1) is 21.6. The molecule has 8 rings (SSSR count). The molecule has 3 nitrogen and oxygen atoms in total. The predicted octanol–water partition coefficient (Wildman–Crippen LogP) is 10.7. The van der Waals surface area contributed by atoms with E-state index in [0.717, 1.165) is 34.0 Å². The molecule has 0 spiro atoms. The molecule has 210 valence electrons. The van der Waals surface area contributed by atoms with Crippen LogP contribution in [0.25, 0.3) is 44.5 Å². The molecule has 0 saturated carbocycles. The number of rotatable bonds is 4. The van der Waals surface area contributed by atoms with Crippen molar-refractivity contribution in [2.75, 3.05) is 4.90 Å². The Balaban J connectivity index is 1.35. The van der Waals surface area contributed by atoms with Crippen LogP contribution in [-0.2, 0) is 5.41 Å². The lowest BCUT2D eigenvalue weighted by molar-refractivity contribution is 0.631. The van der Waals surface area contributed by atoms with E-state index in [2.05, 4.69) is 146 Å². The van der Waals surface area contributed by atoms with Gasteiger partial charge in [0.05, 0.1) is 17.1 Å². The molecule has 0 N–H and O–H groups in total. The fourth-order valence-corrected chi connectivity index (χ4v) is 6.52. The van der Waals surface area contributed by atoms with Crippen molar-refractivity contribution in [2.45, 2.75) is 19.3 Å². The van der Waals surface area contributed by atoms with Gasteiger partial charge in [-0.15, -0.1) is 0 Å². The molecule has 0 atom stereocenters. The van der Waals surface area contributed by atoms with Crippen molar-refractivity contribution < 1.29 is 0 Å². The smallest absolute Gasteiger partial charge is 0.162 e. The summed E-state index contributed by atoms with van der Waals surface area (Å²) < 4.78 is 0. The Labute approximate surface area is 258 Å². The minimum Gasteiger partial charge on any atom is -0.294 e. The fourth-order valence-electron chi connectivity index (χ4n) is 6.52. The summed E-state index contributed by atoms with van der Waals surface area (Å²) in [5, 5.41) is 2.50. The van der Waals surface area contributed by atoms with Gasteiger partial charge in [0.2, 0.25) is 0 Å². The Kier molecular flexibility index (Phi) is 6.13. The SMILES string of the molecule is CC1(C)c2ccccc2N(c2cc(-c3ccccc3)nc(-c3ccccc3)n2)c2ccc(-c3ccc4ccccc4c3)cc21. The number of benzene rings is 6. The van der Waals surface area contributed by atoms with Crippen LogP contribution in [0.5, 0.6) is 0 Å². The molecular formula is C41H31N3. The van der Waals surface area contributed by atoms with Crippen LogP contribution in [0, 0.1) is 0 Å². The Hall–Kier alpha value is -5.54. The molecule has 0 radical (unpaired) electrons. The zero-order chi connectivity index (χ0) is 29.7. The quantitative estimate of drug-likeness (QED) is 0.213. The Morgan fingerprint density at radius 1 is 0.455 bits per heavy atom. The highest BCUT2D eigenvalue weighted by Crippen LogP contribution is 2.52. The third kappa shape index (κ3) is 4.37. The lowest BCUT2D eigenvalue weighted by Crippen LogP contribution is -2.31. The maximum absolute atomic E-state index is 5.23. The van der Waals surface area contributed by atoms with Gasteiger partial charge in [0.15, 0.2) is 5.82 Å². The van der Waals surface area contributed by atoms with Gasteiger partial charge in [0.1, 0.15) is 5.82 Å². The maximum atomic E-state index is 5.23. The molecule has 0 saturated heterocycles. The van der Waals surface area contributed by atoms with E-state index in [0.29, 0.717) is 5.82 Å². The van der Waals surface area contributed by atoms with Gasteiger partial charge in [0.25, 0.3) is 0 Å². The molecule has 0 bridgehead atoms. The van der Waals surface area contributed by atoms with Crippen LogP contribution in [0.4, 0.5) is 17.2 Å². The van der Waals surface area contributed by atoms with Crippen molar-refractivity contribution in [1.29, 1.82) is 0 Å². The first-order valence-electron chi connectivity index (χ1n) is 15.1. The van der Waals surface area contributed by atoms with Crippen molar-refractivity contribution in [2.24, 2.45) is 0 Å². The molecule has 0 aliphatic carbocycles. The zero-order valence-corrected chi connectivity index (χ0v) is 24.8. The summed E-state index contributed by atoms with van der Waals surface area (Å²) in [4.78, 5) is 12.6. The first-order valence-corrected chi connectivity index (χ1v) is 15.1. The highest BCUT2D eigenvalue weighted by molar-refractivity contribution is 5.90. The van der Waals surface area contributed by atoms with Gasteiger partial charge in [-0.3, -0.25) is 4.90 Å². The van der Waals surface area contributed by atoms with Crippen LogP contribution in [0.1, 0.15) is 25.0 Å². The third-order valence-corrected chi connectivity index (χ3v) is 8.86. The molecule has 44 heavy (non-hydrogen) atoms. The monoisotopic (exact) mass is 565 g/mol. The predicted molar refractivity (Wildman–Crippen MR) is 183 cm³/mol. The minimum atomic E-state index is -0.215. The van der Waals surface area contributed by atoms with E-state index < -0.39 is 0 Å². The molecule has 0 unspecified atom stereocenters. The van der Waals surface area contributed by atoms with Crippen LogP contribution < -0.4 is 4.90 Å². The van der Waals surface area contributed by atoms with E-state index in [1.807, 2.05) is 24.3 Å². The highest BCUT2D eigenvalue weighted by atomic mass is 15.2. The van der Waals surface area contributed by atoms with Crippen LogP contribution in [-0.4, -0.2) is 9.97 Å². The summed E-state index contributed by atoms with van der Waals surface area (Å²) in [7, 11) is 0. The van der Waals surface area contributed by atoms with Gasteiger partial charge in [0, 0.05) is 22.6 Å². The number of para-hydroxylation sites is 1. The second-order valence-corrected chi connectivity index (χ2v) is 11.9. The fraction of sp³-hybridized carbons (Fsp3) is 0.0732. The van der Waals surface area contributed by atoms with E-state index in [9.17, 15) is 0 Å². The van der Waals surface area contributed by atoms with Gasteiger partial charge in [-0.2, -0.15) is 0 Å². The van der Waals surface area contributed by atoms with E-state index >= 15 is 0 Å². The van der Waals surface area contributed by atoms with E-state index in [1.54, 1.807) is 0 Å². The second-order valence-electron chi connectivity index (χ2n) is 11.9. The summed E-state index contributed by atoms with van der Waals surface area (Å²) >= 11 is 0. The second kappa shape index (κ2) is 10.3. The van der Waals surface area contributed by atoms with Crippen molar-refractivity contribution in [1.82, 2.24) is 9.97 Å². The summed E-state index contributed by atoms with van der Waals surface area (Å²) in [5.41, 5.74) is 9.96. The minimum absolute atomic E-state index is 0.215. The Morgan fingerprint density at radius 3 is 1.86 bits per heavy atom. The highest BCUT2D eigenvalue weighted by Gasteiger charge is 2.37. The van der Waals surface area contributed by atoms with Crippen LogP contribution in [0.3, 0.4) is 0 Å². The number of nitrogens with zero attached hydrogens (tertiary/aromatic N) is 3. The van der Waals surface area contributed by atoms with Crippen LogP contribution in [0.15, 0.2) is 152 Å². The third-order valence-electron chi connectivity index (χ3n) is 8.86. The van der Waals surface area contributed by atoms with Gasteiger partial charge in [-0.1, -0.05) is 135 Å². The molecular weight excluding hydrogens is 534 g/mol. The maximum Gasteiger partial charge on any atom is 0.162 e. The largest absolute Gasteiger partial charge is 0.294 e. The number of hydrogen-bond acceptors (Lipinski definition) is 3. The Morgan fingerprint density at radius 2 is 1.07 bits per heavy atom. The normalized spacial score (nSPS) is 13.4. The van der Waals surface area contributed by atoms with Gasteiger partial charge in [-0.25, -0.2) is 9.97 Å². The lowest BCUT2D eigenvalue weighted by Gasteiger charge is -2.41. The van der Waals surface area contributed by atoms with Crippen LogP contribution >= 0.6 is 0 Å². The van der Waals surface area contributed by atoms with Gasteiger partial charge in [-0.05, 0) is 57.3 Å². The number of anilines is 3. The topological polar surface area (TPSA) is 29.0 Å². The van der Waals surface area contributed by atoms with Crippen molar-refractivity contribution in [3.05, 3.63) is 163 Å². The zero-order valence-electron chi connectivity index (χ0n) is 24.8. The lowest BCUT2D eigenvalue weighted by atomic mass is 9.73. The molecule has 1 aromatic heterocycles. The molecule has 0 amide bonds. The average Bonchev–Trinajstić information content (AvgIpc) is 3.09. The van der Waals surface area contributed by atoms with E-state index in [1.165, 1.54) is 33.0 Å². The molecule has 1 aliphatic heterocycles. The van der Waals surface area contributed by atoms with Crippen molar-refractivity contribution in [3.63, 3.8) is 0 Å². The molecule has 7 aromatic rings. The van der Waals surface area contributed by atoms with E-state index in [4.69, 9.17) is 9.97 Å². The summed E-state index contributed by atoms with van der Waals surface area (Å²) in [5.74, 6) is 1.55. The van der Waals surface area contributed by atoms with Crippen molar-refractivity contribution >= 4 is 28.0 Å². The standard InChI is InChI=1S/C41H31N3/c1-41(2)34-19-11-12-20-37(34)44(38-24-23-33(26-35(38)41)32-22-21-28-13-9-10-18-31(28)25-32)39-27-36(29-14-5-3-6-15-29)42-40(43-39)30-16-7-4-8-17-30/h3-27H,1-2H3. The van der Waals surface area contributed by atoms with E-state index in [-0.39, 0.29) is 5.41 Å². The molecule has 2 heterocycles. The number of fused-ring (bicyclic) bond motifs is 3. The van der Waals surface area contributed by atoms with Crippen LogP contribution in [0.2, 0.25) is 0 Å². The molecule has 0 fully saturated rings. The Bertz CT molecular complexity index is 2090. The summed E-state index contributed by atoms with van der Waals surface area (Å²) in [6, 6.07) is 53.6. The molecule has 6 aromatic carbocycles. The summed E-state index contributed by atoms with van der Waals surface area (Å²) in [6.07, 6.45) is 0. The van der Waals surface area contributed by atoms with Gasteiger partial charge >= 0.3 is 0 Å². The average molecular weight is 566 g/mol. The van der Waals surface area contributed by atoms with Gasteiger partial charge < -0.3 is 0 Å². The summed E-state index contributed by atoms with van der Waals surface area (Å²) in [6.45, 7) is 4.66. The number of hydrogen-bond donors (Lipinski definition) is 0.